The predicted octanol–water partition coefficient (Wildman–Crippen LogP) is 2.06. The second kappa shape index (κ2) is 4.29. The lowest BCUT2D eigenvalue weighted by molar-refractivity contribution is 0.240. The number of carbonyl (C=O) groups is 1. The van der Waals surface area contributed by atoms with Crippen molar-refractivity contribution in [2.24, 2.45) is 0 Å². The van der Waals surface area contributed by atoms with Crippen molar-refractivity contribution in [3.05, 3.63) is 24.0 Å². The van der Waals surface area contributed by atoms with Crippen LogP contribution < -0.4 is 10.6 Å². The van der Waals surface area contributed by atoms with E-state index in [9.17, 15) is 4.79 Å². The number of carbonyl (C=O) groups excluding carboxylic acids is 1. The summed E-state index contributed by atoms with van der Waals surface area (Å²) in [5, 5.41) is 5.71. The van der Waals surface area contributed by atoms with E-state index in [-0.39, 0.29) is 6.03 Å². The van der Waals surface area contributed by atoms with E-state index in [1.165, 1.54) is 6.42 Å². The number of rotatable bonds is 2. The van der Waals surface area contributed by atoms with Gasteiger partial charge < -0.3 is 10.6 Å². The molecule has 0 spiro atoms. The van der Waals surface area contributed by atoms with Gasteiger partial charge in [0, 0.05) is 12.2 Å². The average molecular weight is 205 g/mol. The second-order valence-corrected chi connectivity index (χ2v) is 3.86. The van der Waals surface area contributed by atoms with Gasteiger partial charge in [0.05, 0.1) is 11.4 Å². The van der Waals surface area contributed by atoms with Gasteiger partial charge in [-0.2, -0.15) is 0 Å². The molecule has 1 heterocycles. The van der Waals surface area contributed by atoms with Crippen molar-refractivity contribution >= 4 is 11.7 Å². The zero-order valence-corrected chi connectivity index (χ0v) is 8.79. The van der Waals surface area contributed by atoms with E-state index in [1.54, 1.807) is 6.20 Å². The van der Waals surface area contributed by atoms with Gasteiger partial charge in [0.25, 0.3) is 0 Å². The minimum atomic E-state index is -0.129. The Morgan fingerprint density at radius 1 is 1.53 bits per heavy atom. The lowest BCUT2D eigenvalue weighted by Crippen LogP contribution is -2.41. The standard InChI is InChI=1S/C11H15N3O/c1-8-10(6-3-7-12-8)14-11(15)13-9-4-2-5-9/h3,6-7,9H,2,4-5H2,1H3,(H2,13,14,15). The maximum absolute atomic E-state index is 11.5. The second-order valence-electron chi connectivity index (χ2n) is 3.86. The number of hydrogen-bond donors (Lipinski definition) is 2. The fourth-order valence-corrected chi connectivity index (χ4v) is 1.51. The molecule has 2 amide bonds. The molecule has 4 nitrogen and oxygen atoms in total. The number of urea groups is 1. The molecule has 0 radical (unpaired) electrons. The molecule has 2 N–H and O–H groups in total. The Hall–Kier alpha value is -1.58. The quantitative estimate of drug-likeness (QED) is 0.776. The highest BCUT2D eigenvalue weighted by Gasteiger charge is 2.19. The summed E-state index contributed by atoms with van der Waals surface area (Å²) in [6, 6.07) is 3.90. The molecule has 0 aliphatic heterocycles. The van der Waals surface area contributed by atoms with Crippen LogP contribution >= 0.6 is 0 Å². The summed E-state index contributed by atoms with van der Waals surface area (Å²) in [6.07, 6.45) is 5.13. The van der Waals surface area contributed by atoms with Gasteiger partial charge in [-0.05, 0) is 38.3 Å². The molecule has 0 unspecified atom stereocenters. The van der Waals surface area contributed by atoms with Crippen molar-refractivity contribution in [3.8, 4) is 0 Å². The number of anilines is 1. The van der Waals surface area contributed by atoms with Crippen LogP contribution in [0.3, 0.4) is 0 Å². The number of pyridine rings is 1. The number of aromatic nitrogens is 1. The molecule has 2 rings (SSSR count). The van der Waals surface area contributed by atoms with Crippen molar-refractivity contribution in [1.82, 2.24) is 10.3 Å². The van der Waals surface area contributed by atoms with Gasteiger partial charge in [-0.1, -0.05) is 0 Å². The Kier molecular flexibility index (Phi) is 2.85. The van der Waals surface area contributed by atoms with Gasteiger partial charge in [-0.3, -0.25) is 4.98 Å². The maximum atomic E-state index is 11.5. The van der Waals surface area contributed by atoms with Gasteiger partial charge in [0.2, 0.25) is 0 Å². The number of aryl methyl sites for hydroxylation is 1. The zero-order chi connectivity index (χ0) is 10.7. The van der Waals surface area contributed by atoms with Crippen molar-refractivity contribution in [2.75, 3.05) is 5.32 Å². The Bertz CT molecular complexity index is 361. The van der Waals surface area contributed by atoms with Crippen LogP contribution in [0.25, 0.3) is 0 Å². The maximum Gasteiger partial charge on any atom is 0.319 e. The van der Waals surface area contributed by atoms with Crippen molar-refractivity contribution in [3.63, 3.8) is 0 Å². The SMILES string of the molecule is Cc1ncccc1NC(=O)NC1CCC1. The van der Waals surface area contributed by atoms with Crippen LogP contribution in [-0.4, -0.2) is 17.1 Å². The molecule has 1 aliphatic carbocycles. The van der Waals surface area contributed by atoms with Crippen LogP contribution in [0.2, 0.25) is 0 Å². The number of nitrogens with zero attached hydrogens (tertiary/aromatic N) is 1. The summed E-state index contributed by atoms with van der Waals surface area (Å²) in [6.45, 7) is 1.87. The van der Waals surface area contributed by atoms with E-state index < -0.39 is 0 Å². The Labute approximate surface area is 89.1 Å². The normalized spacial score (nSPS) is 15.5. The van der Waals surface area contributed by atoms with E-state index in [4.69, 9.17) is 0 Å². The molecule has 80 valence electrons. The van der Waals surface area contributed by atoms with E-state index in [0.717, 1.165) is 24.2 Å². The Balaban J connectivity index is 1.90. The number of hydrogen-bond acceptors (Lipinski definition) is 2. The first kappa shape index (κ1) is 9.96. The van der Waals surface area contributed by atoms with E-state index >= 15 is 0 Å². The molecule has 0 bridgehead atoms. The first-order valence-corrected chi connectivity index (χ1v) is 5.25. The molecule has 4 heteroatoms. The van der Waals surface area contributed by atoms with Crippen LogP contribution in [0, 0.1) is 6.92 Å². The molecule has 1 aliphatic rings. The lowest BCUT2D eigenvalue weighted by Gasteiger charge is -2.26. The molecule has 1 aromatic rings. The summed E-state index contributed by atoms with van der Waals surface area (Å²) < 4.78 is 0. The van der Waals surface area contributed by atoms with Crippen LogP contribution in [0.1, 0.15) is 25.0 Å². The molecule has 1 saturated carbocycles. The molecule has 1 aromatic heterocycles. The molecule has 1 fully saturated rings. The van der Waals surface area contributed by atoms with Crippen molar-refractivity contribution in [2.45, 2.75) is 32.2 Å². The fourth-order valence-electron chi connectivity index (χ4n) is 1.51. The van der Waals surface area contributed by atoms with Crippen LogP contribution in [0.4, 0.5) is 10.5 Å². The molecule has 15 heavy (non-hydrogen) atoms. The minimum Gasteiger partial charge on any atom is -0.335 e. The summed E-state index contributed by atoms with van der Waals surface area (Å²) >= 11 is 0. The van der Waals surface area contributed by atoms with E-state index in [2.05, 4.69) is 15.6 Å². The van der Waals surface area contributed by atoms with Crippen LogP contribution in [-0.2, 0) is 0 Å². The molecular weight excluding hydrogens is 190 g/mol. The summed E-state index contributed by atoms with van der Waals surface area (Å²) in [5.74, 6) is 0. The highest BCUT2D eigenvalue weighted by Crippen LogP contribution is 2.18. The topological polar surface area (TPSA) is 54.0 Å². The summed E-state index contributed by atoms with van der Waals surface area (Å²) in [5.41, 5.74) is 1.61. The van der Waals surface area contributed by atoms with Gasteiger partial charge >= 0.3 is 6.03 Å². The third-order valence-electron chi connectivity index (χ3n) is 2.70. The number of nitrogens with one attached hydrogen (secondary N) is 2. The smallest absolute Gasteiger partial charge is 0.319 e. The van der Waals surface area contributed by atoms with Gasteiger partial charge in [0.15, 0.2) is 0 Å². The van der Waals surface area contributed by atoms with Gasteiger partial charge in [-0.25, -0.2) is 4.79 Å². The molecule has 0 atom stereocenters. The van der Waals surface area contributed by atoms with Crippen LogP contribution in [0.15, 0.2) is 18.3 Å². The van der Waals surface area contributed by atoms with E-state index in [1.807, 2.05) is 19.1 Å². The van der Waals surface area contributed by atoms with Crippen LogP contribution in [0.5, 0.6) is 0 Å². The first-order valence-electron chi connectivity index (χ1n) is 5.25. The monoisotopic (exact) mass is 205 g/mol. The van der Waals surface area contributed by atoms with Crippen molar-refractivity contribution < 1.29 is 4.79 Å². The van der Waals surface area contributed by atoms with Gasteiger partial charge in [-0.15, -0.1) is 0 Å². The lowest BCUT2D eigenvalue weighted by atomic mass is 9.93. The third-order valence-corrected chi connectivity index (χ3v) is 2.70. The molecule has 0 aromatic carbocycles. The molecular formula is C11H15N3O. The third kappa shape index (κ3) is 2.46. The highest BCUT2D eigenvalue weighted by molar-refractivity contribution is 5.89. The van der Waals surface area contributed by atoms with E-state index in [0.29, 0.717) is 6.04 Å². The number of amides is 2. The Morgan fingerprint density at radius 3 is 2.93 bits per heavy atom. The predicted molar refractivity (Wildman–Crippen MR) is 58.8 cm³/mol. The largest absolute Gasteiger partial charge is 0.335 e. The van der Waals surface area contributed by atoms with Gasteiger partial charge in [0.1, 0.15) is 0 Å². The Morgan fingerprint density at radius 2 is 2.33 bits per heavy atom. The zero-order valence-electron chi connectivity index (χ0n) is 8.79. The summed E-state index contributed by atoms with van der Waals surface area (Å²) in [4.78, 5) is 15.6. The summed E-state index contributed by atoms with van der Waals surface area (Å²) in [7, 11) is 0. The fraction of sp³-hybridized carbons (Fsp3) is 0.455. The highest BCUT2D eigenvalue weighted by atomic mass is 16.2. The minimum absolute atomic E-state index is 0.129. The van der Waals surface area contributed by atoms with Crippen molar-refractivity contribution in [1.29, 1.82) is 0 Å². The first-order chi connectivity index (χ1) is 7.25. The molecule has 0 saturated heterocycles. The average Bonchev–Trinajstić information content (AvgIpc) is 2.16.